The number of nitrogens with zero attached hydrogens (tertiary/aromatic N) is 2. The van der Waals surface area contributed by atoms with Gasteiger partial charge in [-0.3, -0.25) is 9.59 Å². The molecule has 0 spiro atoms. The average Bonchev–Trinajstić information content (AvgIpc) is 2.76. The molecule has 1 heterocycles. The largest absolute Gasteiger partial charge is 0.497 e. The van der Waals surface area contributed by atoms with Gasteiger partial charge < -0.3 is 19.3 Å². The van der Waals surface area contributed by atoms with Crippen molar-refractivity contribution < 1.29 is 19.1 Å². The summed E-state index contributed by atoms with van der Waals surface area (Å²) in [5, 5.41) is 0. The minimum Gasteiger partial charge on any atom is -0.497 e. The molecule has 0 bridgehead atoms. The second kappa shape index (κ2) is 9.96. The highest BCUT2D eigenvalue weighted by molar-refractivity contribution is 5.79. The van der Waals surface area contributed by atoms with Crippen molar-refractivity contribution in [1.82, 2.24) is 9.80 Å². The molecule has 1 aliphatic rings. The first kappa shape index (κ1) is 20.7. The number of rotatable bonds is 7. The van der Waals surface area contributed by atoms with Crippen molar-refractivity contribution in [3.05, 3.63) is 59.7 Å². The van der Waals surface area contributed by atoms with Crippen molar-refractivity contribution in [2.45, 2.75) is 19.8 Å². The number of carbonyl (C=O) groups excluding carboxylic acids is 2. The molecule has 1 fully saturated rings. The van der Waals surface area contributed by atoms with E-state index in [4.69, 9.17) is 9.47 Å². The van der Waals surface area contributed by atoms with Gasteiger partial charge in [-0.2, -0.15) is 0 Å². The molecule has 6 heteroatoms. The van der Waals surface area contributed by atoms with Crippen LogP contribution in [0.2, 0.25) is 0 Å². The number of amides is 2. The molecule has 0 saturated carbocycles. The summed E-state index contributed by atoms with van der Waals surface area (Å²) in [6.45, 7) is 4.22. The molecular formula is C23H28N2O4. The summed E-state index contributed by atoms with van der Waals surface area (Å²) in [5.41, 5.74) is 2.18. The predicted molar refractivity (Wildman–Crippen MR) is 111 cm³/mol. The van der Waals surface area contributed by atoms with Gasteiger partial charge >= 0.3 is 0 Å². The third-order valence-electron chi connectivity index (χ3n) is 5.10. The van der Waals surface area contributed by atoms with E-state index in [0.717, 1.165) is 16.9 Å². The number of hydrogen-bond donors (Lipinski definition) is 0. The van der Waals surface area contributed by atoms with Gasteiger partial charge in [0.05, 0.1) is 7.11 Å². The number of carbonyl (C=O) groups is 2. The molecule has 0 aromatic heterocycles. The van der Waals surface area contributed by atoms with Crippen LogP contribution in [0.3, 0.4) is 0 Å². The number of benzene rings is 2. The second-order valence-electron chi connectivity index (χ2n) is 7.22. The van der Waals surface area contributed by atoms with E-state index in [1.807, 2.05) is 60.4 Å². The van der Waals surface area contributed by atoms with Crippen LogP contribution < -0.4 is 9.47 Å². The van der Waals surface area contributed by atoms with Crippen LogP contribution in [0.1, 0.15) is 17.5 Å². The molecule has 6 nitrogen and oxygen atoms in total. The summed E-state index contributed by atoms with van der Waals surface area (Å²) in [4.78, 5) is 28.5. The Hall–Kier alpha value is -3.02. The van der Waals surface area contributed by atoms with Crippen LogP contribution in [0.5, 0.6) is 11.5 Å². The Bertz CT molecular complexity index is 844. The Morgan fingerprint density at radius 2 is 1.55 bits per heavy atom. The Kier molecular flexibility index (Phi) is 7.11. The first-order valence-corrected chi connectivity index (χ1v) is 9.93. The molecule has 3 rings (SSSR count). The van der Waals surface area contributed by atoms with Gasteiger partial charge in [0, 0.05) is 32.6 Å². The smallest absolute Gasteiger partial charge is 0.260 e. The molecule has 1 saturated heterocycles. The van der Waals surface area contributed by atoms with Crippen molar-refractivity contribution in [2.24, 2.45) is 0 Å². The van der Waals surface area contributed by atoms with Crippen LogP contribution in [-0.4, -0.2) is 61.5 Å². The zero-order valence-corrected chi connectivity index (χ0v) is 17.1. The standard InChI is InChI=1S/C23H28N2O4/c1-18-5-3-8-21(15-18)29-17-23(27)25-13-11-24(12-14-25)22(26)10-9-19-6-4-7-20(16-19)28-2/h3-8,15-16H,9-14,17H2,1-2H3. The normalized spacial score (nSPS) is 13.9. The molecule has 2 amide bonds. The van der Waals surface area contributed by atoms with Gasteiger partial charge in [-0.05, 0) is 48.7 Å². The lowest BCUT2D eigenvalue weighted by Crippen LogP contribution is -2.51. The Balaban J connectivity index is 1.40. The van der Waals surface area contributed by atoms with E-state index in [9.17, 15) is 9.59 Å². The van der Waals surface area contributed by atoms with Crippen molar-refractivity contribution in [1.29, 1.82) is 0 Å². The molecule has 29 heavy (non-hydrogen) atoms. The molecule has 0 aliphatic carbocycles. The first-order chi connectivity index (χ1) is 14.0. The van der Waals surface area contributed by atoms with Crippen LogP contribution in [0.4, 0.5) is 0 Å². The molecular weight excluding hydrogens is 368 g/mol. The lowest BCUT2D eigenvalue weighted by atomic mass is 10.1. The molecule has 2 aromatic carbocycles. The molecule has 0 N–H and O–H groups in total. The number of ether oxygens (including phenoxy) is 2. The van der Waals surface area contributed by atoms with Gasteiger partial charge in [0.15, 0.2) is 6.61 Å². The summed E-state index contributed by atoms with van der Waals surface area (Å²) in [6, 6.07) is 15.4. The van der Waals surface area contributed by atoms with Crippen LogP contribution in [-0.2, 0) is 16.0 Å². The van der Waals surface area contributed by atoms with Crippen molar-refractivity contribution >= 4 is 11.8 Å². The van der Waals surface area contributed by atoms with E-state index in [2.05, 4.69) is 0 Å². The van der Waals surface area contributed by atoms with E-state index in [0.29, 0.717) is 44.8 Å². The van der Waals surface area contributed by atoms with Gasteiger partial charge in [-0.1, -0.05) is 24.3 Å². The van der Waals surface area contributed by atoms with Crippen LogP contribution in [0.25, 0.3) is 0 Å². The SMILES string of the molecule is COc1cccc(CCC(=O)N2CCN(C(=O)COc3cccc(C)c3)CC2)c1. The van der Waals surface area contributed by atoms with Gasteiger partial charge in [0.25, 0.3) is 5.91 Å². The Labute approximate surface area is 172 Å². The Morgan fingerprint density at radius 3 is 2.24 bits per heavy atom. The van der Waals surface area contributed by atoms with E-state index in [1.54, 1.807) is 12.0 Å². The fourth-order valence-corrected chi connectivity index (χ4v) is 3.38. The molecule has 0 radical (unpaired) electrons. The highest BCUT2D eigenvalue weighted by Crippen LogP contribution is 2.15. The topological polar surface area (TPSA) is 59.1 Å². The zero-order valence-electron chi connectivity index (χ0n) is 17.1. The van der Waals surface area contributed by atoms with E-state index >= 15 is 0 Å². The van der Waals surface area contributed by atoms with Crippen LogP contribution in [0, 0.1) is 6.92 Å². The third kappa shape index (κ3) is 5.98. The van der Waals surface area contributed by atoms with Crippen LogP contribution >= 0.6 is 0 Å². The monoisotopic (exact) mass is 396 g/mol. The fourth-order valence-electron chi connectivity index (χ4n) is 3.38. The Morgan fingerprint density at radius 1 is 0.897 bits per heavy atom. The maximum atomic E-state index is 12.5. The number of piperazine rings is 1. The summed E-state index contributed by atoms with van der Waals surface area (Å²) in [6.07, 6.45) is 1.14. The number of methoxy groups -OCH3 is 1. The van der Waals surface area contributed by atoms with E-state index in [-0.39, 0.29) is 18.4 Å². The molecule has 154 valence electrons. The average molecular weight is 396 g/mol. The highest BCUT2D eigenvalue weighted by atomic mass is 16.5. The summed E-state index contributed by atoms with van der Waals surface area (Å²) < 4.78 is 10.8. The number of hydrogen-bond acceptors (Lipinski definition) is 4. The molecule has 0 unspecified atom stereocenters. The van der Waals surface area contributed by atoms with Gasteiger partial charge in [-0.15, -0.1) is 0 Å². The fraction of sp³-hybridized carbons (Fsp3) is 0.391. The minimum atomic E-state index is -0.0463. The quantitative estimate of drug-likeness (QED) is 0.722. The maximum absolute atomic E-state index is 12.5. The minimum absolute atomic E-state index is 0.0211. The zero-order chi connectivity index (χ0) is 20.6. The molecule has 0 atom stereocenters. The molecule has 2 aromatic rings. The van der Waals surface area contributed by atoms with Crippen molar-refractivity contribution in [3.63, 3.8) is 0 Å². The van der Waals surface area contributed by atoms with Crippen molar-refractivity contribution in [3.8, 4) is 11.5 Å². The van der Waals surface area contributed by atoms with Crippen LogP contribution in [0.15, 0.2) is 48.5 Å². The summed E-state index contributed by atoms with van der Waals surface area (Å²) in [7, 11) is 1.64. The third-order valence-corrected chi connectivity index (χ3v) is 5.10. The highest BCUT2D eigenvalue weighted by Gasteiger charge is 2.24. The number of aryl methyl sites for hydroxylation is 2. The van der Waals surface area contributed by atoms with Gasteiger partial charge in [0.2, 0.25) is 5.91 Å². The van der Waals surface area contributed by atoms with E-state index < -0.39 is 0 Å². The van der Waals surface area contributed by atoms with Crippen molar-refractivity contribution in [2.75, 3.05) is 39.9 Å². The van der Waals surface area contributed by atoms with E-state index in [1.165, 1.54) is 0 Å². The second-order valence-corrected chi connectivity index (χ2v) is 7.22. The first-order valence-electron chi connectivity index (χ1n) is 9.93. The lowest BCUT2D eigenvalue weighted by Gasteiger charge is -2.34. The maximum Gasteiger partial charge on any atom is 0.260 e. The lowest BCUT2D eigenvalue weighted by molar-refractivity contribution is -0.140. The summed E-state index contributed by atoms with van der Waals surface area (Å²) >= 11 is 0. The summed E-state index contributed by atoms with van der Waals surface area (Å²) in [5.74, 6) is 1.57. The van der Waals surface area contributed by atoms with Gasteiger partial charge in [0.1, 0.15) is 11.5 Å². The predicted octanol–water partition coefficient (Wildman–Crippen LogP) is 2.69. The van der Waals surface area contributed by atoms with Gasteiger partial charge in [-0.25, -0.2) is 0 Å². The molecule has 1 aliphatic heterocycles.